The number of hydrogen-bond donors (Lipinski definition) is 1. The lowest BCUT2D eigenvalue weighted by Gasteiger charge is -2.23. The first kappa shape index (κ1) is 22.0. The topological polar surface area (TPSA) is 70.5 Å². The molecule has 1 aliphatic rings. The van der Waals surface area contributed by atoms with E-state index in [9.17, 15) is 14.7 Å². The summed E-state index contributed by atoms with van der Waals surface area (Å²) in [5.41, 5.74) is 4.32. The Kier molecular flexibility index (Phi) is 5.54. The molecule has 0 aliphatic carbocycles. The van der Waals surface area contributed by atoms with Crippen LogP contribution in [-0.2, 0) is 9.59 Å². The molecule has 3 aromatic carbocycles. The Labute approximate surface area is 202 Å². The fourth-order valence-electron chi connectivity index (χ4n) is 4.28. The number of anilines is 1. The molecule has 170 valence electrons. The summed E-state index contributed by atoms with van der Waals surface area (Å²) in [6.07, 6.45) is 0. The van der Waals surface area contributed by atoms with Crippen LogP contribution >= 0.6 is 11.3 Å². The second kappa shape index (κ2) is 8.54. The number of rotatable bonds is 4. The molecule has 1 atom stereocenters. The minimum absolute atomic E-state index is 0.0731. The molecular weight excluding hydrogens is 444 g/mol. The summed E-state index contributed by atoms with van der Waals surface area (Å²) in [4.78, 5) is 32.8. The number of Topliss-reactive ketones (excluding diaryl/α,β-unsaturated/α-hetero) is 1. The van der Waals surface area contributed by atoms with Crippen LogP contribution in [-0.4, -0.2) is 21.8 Å². The van der Waals surface area contributed by atoms with Crippen molar-refractivity contribution in [1.29, 1.82) is 0 Å². The lowest BCUT2D eigenvalue weighted by atomic mass is 9.93. The fourth-order valence-corrected chi connectivity index (χ4v) is 5.37. The van der Waals surface area contributed by atoms with Crippen molar-refractivity contribution < 1.29 is 14.7 Å². The predicted molar refractivity (Wildman–Crippen MR) is 136 cm³/mol. The van der Waals surface area contributed by atoms with E-state index in [1.165, 1.54) is 16.2 Å². The van der Waals surface area contributed by atoms with Crippen molar-refractivity contribution in [3.8, 4) is 0 Å². The van der Waals surface area contributed by atoms with Crippen LogP contribution in [0.15, 0.2) is 78.4 Å². The van der Waals surface area contributed by atoms with Crippen LogP contribution in [0.3, 0.4) is 0 Å². The molecule has 2 heterocycles. The van der Waals surface area contributed by atoms with Gasteiger partial charge in [-0.1, -0.05) is 85.8 Å². The van der Waals surface area contributed by atoms with Crippen LogP contribution in [0, 0.1) is 6.92 Å². The minimum atomic E-state index is -0.775. The number of aliphatic hydroxyl groups is 1. The molecule has 1 aliphatic heterocycles. The summed E-state index contributed by atoms with van der Waals surface area (Å²) >= 11 is 1.37. The Morgan fingerprint density at radius 1 is 1.00 bits per heavy atom. The average molecular weight is 469 g/mol. The van der Waals surface area contributed by atoms with E-state index < -0.39 is 17.7 Å². The molecule has 0 radical (unpaired) electrons. The summed E-state index contributed by atoms with van der Waals surface area (Å²) in [6, 6.07) is 21.8. The number of benzene rings is 3. The first-order valence-corrected chi connectivity index (χ1v) is 12.0. The van der Waals surface area contributed by atoms with Gasteiger partial charge in [-0.05, 0) is 41.7 Å². The molecule has 1 saturated heterocycles. The summed E-state index contributed by atoms with van der Waals surface area (Å²) in [7, 11) is 0. The molecule has 0 saturated carbocycles. The molecule has 34 heavy (non-hydrogen) atoms. The minimum Gasteiger partial charge on any atom is -0.507 e. The van der Waals surface area contributed by atoms with Gasteiger partial charge in [-0.3, -0.25) is 14.5 Å². The molecule has 0 bridgehead atoms. The zero-order chi connectivity index (χ0) is 24.0. The van der Waals surface area contributed by atoms with E-state index >= 15 is 0 Å². The highest BCUT2D eigenvalue weighted by Crippen LogP contribution is 2.44. The molecule has 5 nitrogen and oxygen atoms in total. The van der Waals surface area contributed by atoms with Gasteiger partial charge >= 0.3 is 5.91 Å². The highest BCUT2D eigenvalue weighted by molar-refractivity contribution is 7.22. The zero-order valence-corrected chi connectivity index (χ0v) is 20.0. The maximum atomic E-state index is 13.4. The quantitative estimate of drug-likeness (QED) is 0.215. The van der Waals surface area contributed by atoms with Crippen LogP contribution in [0.25, 0.3) is 16.0 Å². The average Bonchev–Trinajstić information content (AvgIpc) is 3.37. The monoisotopic (exact) mass is 468 g/mol. The molecule has 6 heteroatoms. The lowest BCUT2D eigenvalue weighted by molar-refractivity contribution is -0.132. The van der Waals surface area contributed by atoms with E-state index in [-0.39, 0.29) is 11.3 Å². The third kappa shape index (κ3) is 3.70. The molecule has 5 rings (SSSR count). The Balaban J connectivity index is 1.72. The van der Waals surface area contributed by atoms with Crippen LogP contribution < -0.4 is 4.90 Å². The number of thiazole rings is 1. The van der Waals surface area contributed by atoms with Crippen molar-refractivity contribution in [2.24, 2.45) is 0 Å². The maximum absolute atomic E-state index is 13.4. The molecule has 0 spiro atoms. The van der Waals surface area contributed by atoms with Gasteiger partial charge in [-0.25, -0.2) is 4.98 Å². The van der Waals surface area contributed by atoms with Crippen molar-refractivity contribution in [2.75, 3.05) is 4.90 Å². The number of aromatic nitrogens is 1. The second-order valence-electron chi connectivity index (χ2n) is 8.82. The van der Waals surface area contributed by atoms with Gasteiger partial charge in [0.15, 0.2) is 5.13 Å². The second-order valence-corrected chi connectivity index (χ2v) is 9.83. The van der Waals surface area contributed by atoms with Crippen molar-refractivity contribution in [3.05, 3.63) is 101 Å². The number of fused-ring (bicyclic) bond motifs is 1. The lowest BCUT2D eigenvalue weighted by Crippen LogP contribution is -2.29. The van der Waals surface area contributed by atoms with E-state index in [0.29, 0.717) is 16.6 Å². The van der Waals surface area contributed by atoms with Crippen LogP contribution in [0.5, 0.6) is 0 Å². The van der Waals surface area contributed by atoms with Crippen LogP contribution in [0.1, 0.15) is 48.1 Å². The number of aliphatic hydroxyl groups excluding tert-OH is 1. The number of carbonyl (C=O) groups excluding carboxylic acids is 2. The van der Waals surface area contributed by atoms with Gasteiger partial charge in [0.2, 0.25) is 0 Å². The predicted octanol–water partition coefficient (Wildman–Crippen LogP) is 6.35. The first-order valence-electron chi connectivity index (χ1n) is 11.2. The van der Waals surface area contributed by atoms with Gasteiger partial charge in [0.1, 0.15) is 5.76 Å². The maximum Gasteiger partial charge on any atom is 0.301 e. The Morgan fingerprint density at radius 2 is 1.71 bits per heavy atom. The van der Waals surface area contributed by atoms with Gasteiger partial charge in [-0.15, -0.1) is 0 Å². The number of amides is 1. The number of ketones is 1. The van der Waals surface area contributed by atoms with E-state index in [2.05, 4.69) is 18.8 Å². The molecule has 1 aromatic heterocycles. The van der Waals surface area contributed by atoms with Crippen molar-refractivity contribution in [1.82, 2.24) is 4.98 Å². The van der Waals surface area contributed by atoms with Crippen molar-refractivity contribution in [2.45, 2.75) is 32.7 Å². The molecule has 1 N–H and O–H groups in total. The zero-order valence-electron chi connectivity index (χ0n) is 19.1. The normalized spacial score (nSPS) is 17.8. The van der Waals surface area contributed by atoms with E-state index in [0.717, 1.165) is 26.9 Å². The van der Waals surface area contributed by atoms with Gasteiger partial charge in [-0.2, -0.15) is 0 Å². The molecule has 4 aromatic rings. The van der Waals surface area contributed by atoms with E-state index in [1.807, 2.05) is 55.5 Å². The number of nitrogens with zero attached hydrogens (tertiary/aromatic N) is 2. The fraction of sp³-hybridized carbons (Fsp3) is 0.179. The van der Waals surface area contributed by atoms with E-state index in [1.54, 1.807) is 24.3 Å². The summed E-state index contributed by atoms with van der Waals surface area (Å²) in [6.45, 7) is 6.22. The van der Waals surface area contributed by atoms with Crippen LogP contribution in [0.2, 0.25) is 0 Å². The molecule has 1 fully saturated rings. The van der Waals surface area contributed by atoms with E-state index in [4.69, 9.17) is 0 Å². The third-order valence-corrected chi connectivity index (χ3v) is 7.17. The molecule has 1 amide bonds. The number of hydrogen-bond acceptors (Lipinski definition) is 5. The third-order valence-electron chi connectivity index (χ3n) is 6.15. The van der Waals surface area contributed by atoms with Gasteiger partial charge in [0.05, 0.1) is 21.8 Å². The molecular formula is C28H24N2O3S. The standard InChI is InChI=1S/C28H24N2O3S/c1-16(2)18-10-12-19(13-11-18)24-23(25(31)20-7-5-4-6-8-20)26(32)27(33)30(24)28-29-21-14-9-17(3)15-22(21)34-28/h4-16,24,31H,1-3H3/b25-23+/t24-/m1/s1. The van der Waals surface area contributed by atoms with Gasteiger partial charge in [0, 0.05) is 5.56 Å². The highest BCUT2D eigenvalue weighted by Gasteiger charge is 2.48. The molecule has 0 unspecified atom stereocenters. The van der Waals surface area contributed by atoms with Crippen LogP contribution in [0.4, 0.5) is 5.13 Å². The van der Waals surface area contributed by atoms with Gasteiger partial charge in [0.25, 0.3) is 5.78 Å². The summed E-state index contributed by atoms with van der Waals surface area (Å²) in [5, 5.41) is 11.6. The summed E-state index contributed by atoms with van der Waals surface area (Å²) in [5.74, 6) is -1.24. The number of carbonyl (C=O) groups is 2. The smallest absolute Gasteiger partial charge is 0.301 e. The summed E-state index contributed by atoms with van der Waals surface area (Å²) < 4.78 is 0.939. The Bertz CT molecular complexity index is 1440. The Hall–Kier alpha value is -3.77. The largest absolute Gasteiger partial charge is 0.507 e. The van der Waals surface area contributed by atoms with Gasteiger partial charge < -0.3 is 5.11 Å². The number of aryl methyl sites for hydroxylation is 1. The Morgan fingerprint density at radius 3 is 2.38 bits per heavy atom. The van der Waals surface area contributed by atoms with Crippen molar-refractivity contribution >= 4 is 44.1 Å². The SMILES string of the molecule is Cc1ccc2nc(N3C(=O)C(=O)/C(=C(/O)c4ccccc4)[C@H]3c3ccc(C(C)C)cc3)sc2c1. The first-order chi connectivity index (χ1) is 16.3. The van der Waals surface area contributed by atoms with Crippen molar-refractivity contribution in [3.63, 3.8) is 0 Å². The highest BCUT2D eigenvalue weighted by atomic mass is 32.1.